The molecule has 2 aromatic rings. The first kappa shape index (κ1) is 14.1. The lowest BCUT2D eigenvalue weighted by Crippen LogP contribution is -2.42. The zero-order valence-electron chi connectivity index (χ0n) is 11.8. The van der Waals surface area contributed by atoms with Crippen LogP contribution in [0.1, 0.15) is 19.4 Å². The maximum absolute atomic E-state index is 11.7. The number of rotatable bonds is 4. The van der Waals surface area contributed by atoms with E-state index in [0.717, 1.165) is 10.9 Å². The summed E-state index contributed by atoms with van der Waals surface area (Å²) in [5.41, 5.74) is 0.315. The Morgan fingerprint density at radius 2 is 2.00 bits per heavy atom. The van der Waals surface area contributed by atoms with E-state index >= 15 is 0 Å². The van der Waals surface area contributed by atoms with E-state index in [2.05, 4.69) is 24.0 Å². The Balaban J connectivity index is 2.37. The number of hydrogen-bond donors (Lipinski definition) is 1. The van der Waals surface area contributed by atoms with Crippen molar-refractivity contribution >= 4 is 16.9 Å². The van der Waals surface area contributed by atoms with Crippen LogP contribution in [0.5, 0.6) is 0 Å². The summed E-state index contributed by atoms with van der Waals surface area (Å²) in [6.07, 6.45) is 1.27. The van der Waals surface area contributed by atoms with Crippen molar-refractivity contribution in [2.75, 3.05) is 6.61 Å². The molecular formula is C17H19NO2. The van der Waals surface area contributed by atoms with Crippen LogP contribution in [-0.2, 0) is 10.3 Å². The molecule has 2 aromatic carbocycles. The molecule has 0 saturated carbocycles. The van der Waals surface area contributed by atoms with Gasteiger partial charge in [-0.3, -0.25) is 0 Å². The monoisotopic (exact) mass is 269 g/mol. The van der Waals surface area contributed by atoms with E-state index in [-0.39, 0.29) is 0 Å². The normalized spacial score (nSPS) is 13.5. The zero-order chi connectivity index (χ0) is 14.6. The first-order chi connectivity index (χ1) is 9.59. The number of amides is 1. The van der Waals surface area contributed by atoms with Gasteiger partial charge >= 0.3 is 6.09 Å². The van der Waals surface area contributed by atoms with E-state index in [1.165, 1.54) is 5.39 Å². The first-order valence-electron chi connectivity index (χ1n) is 6.67. The van der Waals surface area contributed by atoms with E-state index in [0.29, 0.717) is 6.61 Å². The van der Waals surface area contributed by atoms with Crippen molar-refractivity contribution in [3.8, 4) is 0 Å². The van der Waals surface area contributed by atoms with E-state index in [1.54, 1.807) is 13.0 Å². The molecule has 0 aliphatic carbocycles. The Morgan fingerprint density at radius 1 is 1.30 bits per heavy atom. The molecule has 0 spiro atoms. The van der Waals surface area contributed by atoms with Gasteiger partial charge in [0.2, 0.25) is 0 Å². The summed E-state index contributed by atoms with van der Waals surface area (Å²) < 4.78 is 4.95. The molecule has 0 radical (unpaired) electrons. The first-order valence-corrected chi connectivity index (χ1v) is 6.67. The minimum absolute atomic E-state index is 0.344. The second-order valence-electron chi connectivity index (χ2n) is 4.81. The molecule has 0 fully saturated rings. The van der Waals surface area contributed by atoms with E-state index in [4.69, 9.17) is 4.74 Å². The number of ether oxygens (including phenoxy) is 1. The third-order valence-corrected chi connectivity index (χ3v) is 3.39. The van der Waals surface area contributed by atoms with E-state index in [1.807, 2.05) is 37.3 Å². The van der Waals surface area contributed by atoms with Crippen molar-refractivity contribution in [3.05, 3.63) is 60.7 Å². The zero-order valence-corrected chi connectivity index (χ0v) is 11.8. The number of fused-ring (bicyclic) bond motifs is 1. The highest BCUT2D eigenvalue weighted by Crippen LogP contribution is 2.26. The summed E-state index contributed by atoms with van der Waals surface area (Å²) in [4.78, 5) is 11.7. The molecule has 0 aliphatic rings. The Morgan fingerprint density at radius 3 is 2.65 bits per heavy atom. The van der Waals surface area contributed by atoms with Gasteiger partial charge in [-0.2, -0.15) is 0 Å². The minimum Gasteiger partial charge on any atom is -0.450 e. The Bertz CT molecular complexity index is 636. The summed E-state index contributed by atoms with van der Waals surface area (Å²) in [6.45, 7) is 7.86. The van der Waals surface area contributed by atoms with Gasteiger partial charge in [0.05, 0.1) is 12.1 Å². The molecule has 0 aromatic heterocycles. The number of carbonyl (C=O) groups excluding carboxylic acids is 1. The second kappa shape index (κ2) is 5.78. The smallest absolute Gasteiger partial charge is 0.408 e. The van der Waals surface area contributed by atoms with Crippen LogP contribution in [0.25, 0.3) is 10.8 Å². The Kier molecular flexibility index (Phi) is 4.08. The van der Waals surface area contributed by atoms with E-state index in [9.17, 15) is 4.79 Å². The highest BCUT2D eigenvalue weighted by Gasteiger charge is 2.25. The summed E-state index contributed by atoms with van der Waals surface area (Å²) >= 11 is 0. The van der Waals surface area contributed by atoms with Crippen molar-refractivity contribution in [1.82, 2.24) is 5.32 Å². The fourth-order valence-electron chi connectivity index (χ4n) is 2.13. The third-order valence-electron chi connectivity index (χ3n) is 3.39. The molecule has 104 valence electrons. The van der Waals surface area contributed by atoms with Crippen LogP contribution >= 0.6 is 0 Å². The molecule has 1 N–H and O–H groups in total. The van der Waals surface area contributed by atoms with Crippen LogP contribution in [0, 0.1) is 0 Å². The predicted molar refractivity (Wildman–Crippen MR) is 81.7 cm³/mol. The number of carbonyl (C=O) groups is 1. The second-order valence-corrected chi connectivity index (χ2v) is 4.81. The molecule has 20 heavy (non-hydrogen) atoms. The van der Waals surface area contributed by atoms with E-state index < -0.39 is 11.6 Å². The highest BCUT2D eigenvalue weighted by molar-refractivity contribution is 5.83. The van der Waals surface area contributed by atoms with Crippen LogP contribution in [-0.4, -0.2) is 12.7 Å². The van der Waals surface area contributed by atoms with Crippen molar-refractivity contribution in [1.29, 1.82) is 0 Å². The fourth-order valence-corrected chi connectivity index (χ4v) is 2.13. The standard InChI is InChI=1S/C17H19NO2/c1-4-17(3,18-16(19)20-5-2)15-11-10-13-8-6-7-9-14(13)12-15/h4,6-12H,1,5H2,2-3H3,(H,18,19). The lowest BCUT2D eigenvalue weighted by Gasteiger charge is -2.27. The molecule has 1 atom stereocenters. The lowest BCUT2D eigenvalue weighted by molar-refractivity contribution is 0.144. The number of hydrogen-bond acceptors (Lipinski definition) is 2. The third kappa shape index (κ3) is 2.82. The Labute approximate surface area is 119 Å². The van der Waals surface area contributed by atoms with Gasteiger partial charge in [0.25, 0.3) is 0 Å². The summed E-state index contributed by atoms with van der Waals surface area (Å²) in [5, 5.41) is 5.14. The summed E-state index contributed by atoms with van der Waals surface area (Å²) in [7, 11) is 0. The van der Waals surface area contributed by atoms with Crippen molar-refractivity contribution in [3.63, 3.8) is 0 Å². The highest BCUT2D eigenvalue weighted by atomic mass is 16.5. The quantitative estimate of drug-likeness (QED) is 0.852. The molecular weight excluding hydrogens is 250 g/mol. The van der Waals surface area contributed by atoms with Crippen molar-refractivity contribution in [2.24, 2.45) is 0 Å². The Hall–Kier alpha value is -2.29. The molecule has 1 amide bonds. The lowest BCUT2D eigenvalue weighted by atomic mass is 9.90. The van der Waals surface area contributed by atoms with Gasteiger partial charge in [-0.05, 0) is 36.2 Å². The van der Waals surface area contributed by atoms with Crippen LogP contribution in [0.3, 0.4) is 0 Å². The van der Waals surface area contributed by atoms with Crippen LogP contribution in [0.2, 0.25) is 0 Å². The SMILES string of the molecule is C=CC(C)(NC(=O)OCC)c1ccc2ccccc2c1. The number of benzene rings is 2. The van der Waals surface area contributed by atoms with Crippen LogP contribution in [0.4, 0.5) is 4.79 Å². The van der Waals surface area contributed by atoms with Gasteiger partial charge in [0.1, 0.15) is 0 Å². The fraction of sp³-hybridized carbons (Fsp3) is 0.235. The largest absolute Gasteiger partial charge is 0.450 e. The van der Waals surface area contributed by atoms with Crippen molar-refractivity contribution < 1.29 is 9.53 Å². The molecule has 1 unspecified atom stereocenters. The number of nitrogens with one attached hydrogen (secondary N) is 1. The molecule has 0 saturated heterocycles. The van der Waals surface area contributed by atoms with Crippen molar-refractivity contribution in [2.45, 2.75) is 19.4 Å². The molecule has 3 nitrogen and oxygen atoms in total. The minimum atomic E-state index is -0.656. The van der Waals surface area contributed by atoms with Gasteiger partial charge in [-0.15, -0.1) is 6.58 Å². The van der Waals surface area contributed by atoms with Gasteiger partial charge < -0.3 is 10.1 Å². The summed E-state index contributed by atoms with van der Waals surface area (Å²) in [5.74, 6) is 0. The summed E-state index contributed by atoms with van der Waals surface area (Å²) in [6, 6.07) is 14.2. The van der Waals surface area contributed by atoms with Gasteiger partial charge in [0.15, 0.2) is 0 Å². The molecule has 3 heteroatoms. The van der Waals surface area contributed by atoms with Gasteiger partial charge in [-0.25, -0.2) is 4.79 Å². The topological polar surface area (TPSA) is 38.3 Å². The molecule has 0 aliphatic heterocycles. The average molecular weight is 269 g/mol. The van der Waals surface area contributed by atoms with Gasteiger partial charge in [-0.1, -0.05) is 42.5 Å². The van der Waals surface area contributed by atoms with Gasteiger partial charge in [0, 0.05) is 0 Å². The maximum atomic E-state index is 11.7. The molecule has 0 heterocycles. The van der Waals surface area contributed by atoms with Crippen LogP contribution in [0.15, 0.2) is 55.1 Å². The molecule has 2 rings (SSSR count). The maximum Gasteiger partial charge on any atom is 0.408 e. The average Bonchev–Trinajstić information content (AvgIpc) is 2.46. The van der Waals surface area contributed by atoms with Crippen LogP contribution < -0.4 is 5.32 Å². The molecule has 0 bridgehead atoms. The predicted octanol–water partition coefficient (Wildman–Crippen LogP) is 3.99. The number of alkyl carbamates (subject to hydrolysis) is 1.